The first-order valence-electron chi connectivity index (χ1n) is 5.76. The second kappa shape index (κ2) is 3.64. The molecule has 0 aromatic heterocycles. The molecule has 15 heavy (non-hydrogen) atoms. The van der Waals surface area contributed by atoms with Crippen LogP contribution in [0.25, 0.3) is 0 Å². The molecule has 0 radical (unpaired) electrons. The molecule has 0 unspecified atom stereocenters. The number of rotatable bonds is 1. The van der Waals surface area contributed by atoms with Crippen molar-refractivity contribution < 1.29 is 0 Å². The van der Waals surface area contributed by atoms with Crippen LogP contribution in [-0.4, -0.2) is 25.0 Å². The lowest BCUT2D eigenvalue weighted by Gasteiger charge is -2.36. The average molecular weight is 203 g/mol. The van der Waals surface area contributed by atoms with Crippen molar-refractivity contribution in [3.05, 3.63) is 35.4 Å². The summed E-state index contributed by atoms with van der Waals surface area (Å²) in [5.74, 6) is 0.768. The molecule has 82 valence electrons. The summed E-state index contributed by atoms with van der Waals surface area (Å²) in [7, 11) is 2.18. The fourth-order valence-electron chi connectivity index (χ4n) is 2.17. The van der Waals surface area contributed by atoms with E-state index in [1.807, 2.05) is 0 Å². The Labute approximate surface area is 93.1 Å². The van der Waals surface area contributed by atoms with Crippen LogP contribution in [0.5, 0.6) is 0 Å². The Morgan fingerprint density at radius 3 is 2.00 bits per heavy atom. The van der Waals surface area contributed by atoms with Crippen LogP contribution in [0.3, 0.4) is 0 Å². The summed E-state index contributed by atoms with van der Waals surface area (Å²) in [5, 5.41) is 0. The summed E-state index contributed by atoms with van der Waals surface area (Å²) in [6, 6.07) is 9.18. The van der Waals surface area contributed by atoms with Crippen LogP contribution in [-0.2, 0) is 5.41 Å². The molecule has 1 nitrogen and oxygen atoms in total. The third-order valence-electron chi connectivity index (χ3n) is 3.31. The zero-order chi connectivity index (χ0) is 11.1. The van der Waals surface area contributed by atoms with Gasteiger partial charge in [0.15, 0.2) is 0 Å². The van der Waals surface area contributed by atoms with Gasteiger partial charge in [0.1, 0.15) is 0 Å². The number of nitrogens with zero attached hydrogens (tertiary/aromatic N) is 1. The summed E-state index contributed by atoms with van der Waals surface area (Å²) < 4.78 is 0. The van der Waals surface area contributed by atoms with E-state index in [1.165, 1.54) is 24.2 Å². The van der Waals surface area contributed by atoms with Crippen LogP contribution in [0.1, 0.15) is 37.8 Å². The van der Waals surface area contributed by atoms with Crippen LogP contribution in [0.15, 0.2) is 24.3 Å². The number of likely N-dealkylation sites (N-methyl/N-ethyl adjacent to an activating group) is 1. The van der Waals surface area contributed by atoms with Gasteiger partial charge in [-0.2, -0.15) is 0 Å². The third kappa shape index (κ3) is 2.23. The lowest BCUT2D eigenvalue weighted by atomic mass is 9.84. The van der Waals surface area contributed by atoms with Crippen molar-refractivity contribution in [2.45, 2.75) is 32.1 Å². The Kier molecular flexibility index (Phi) is 2.59. The van der Waals surface area contributed by atoms with E-state index < -0.39 is 0 Å². The van der Waals surface area contributed by atoms with Gasteiger partial charge in [-0.3, -0.25) is 0 Å². The molecule has 0 amide bonds. The van der Waals surface area contributed by atoms with E-state index in [0.717, 1.165) is 5.92 Å². The van der Waals surface area contributed by atoms with Gasteiger partial charge in [-0.05, 0) is 23.6 Å². The third-order valence-corrected chi connectivity index (χ3v) is 3.31. The molecular weight excluding hydrogens is 182 g/mol. The average Bonchev–Trinajstić information content (AvgIpc) is 2.12. The summed E-state index contributed by atoms with van der Waals surface area (Å²) in [4.78, 5) is 2.36. The lowest BCUT2D eigenvalue weighted by molar-refractivity contribution is 0.190. The predicted molar refractivity (Wildman–Crippen MR) is 65.4 cm³/mol. The molecule has 0 aliphatic carbocycles. The molecule has 0 N–H and O–H groups in total. The van der Waals surface area contributed by atoms with Crippen LogP contribution >= 0.6 is 0 Å². The van der Waals surface area contributed by atoms with Crippen LogP contribution in [0, 0.1) is 0 Å². The first-order chi connectivity index (χ1) is 6.97. The zero-order valence-electron chi connectivity index (χ0n) is 10.2. The smallest absolute Gasteiger partial charge is 0.00933 e. The molecule has 1 heteroatoms. The highest BCUT2D eigenvalue weighted by Crippen LogP contribution is 2.28. The fourth-order valence-corrected chi connectivity index (χ4v) is 2.17. The summed E-state index contributed by atoms with van der Waals surface area (Å²) in [6.07, 6.45) is 0. The van der Waals surface area contributed by atoms with E-state index in [-0.39, 0.29) is 5.41 Å². The van der Waals surface area contributed by atoms with Crippen LogP contribution < -0.4 is 0 Å². The summed E-state index contributed by atoms with van der Waals surface area (Å²) >= 11 is 0. The van der Waals surface area contributed by atoms with Crippen molar-refractivity contribution in [2.24, 2.45) is 0 Å². The molecule has 1 heterocycles. The predicted octanol–water partition coefficient (Wildman–Crippen LogP) is 3.01. The topological polar surface area (TPSA) is 3.24 Å². The van der Waals surface area contributed by atoms with Crippen LogP contribution in [0.4, 0.5) is 0 Å². The van der Waals surface area contributed by atoms with E-state index >= 15 is 0 Å². The minimum Gasteiger partial charge on any atom is -0.305 e. The normalized spacial score (nSPS) is 18.9. The standard InChI is InChI=1S/C14H21N/c1-14(2,3)13-7-5-11(6-8-13)12-9-15(4)10-12/h5-8,12H,9-10H2,1-4H3. The maximum Gasteiger partial charge on any atom is 0.00933 e. The molecule has 0 spiro atoms. The number of hydrogen-bond donors (Lipinski definition) is 0. The first kappa shape index (κ1) is 10.7. The Morgan fingerprint density at radius 2 is 1.60 bits per heavy atom. The molecule has 0 bridgehead atoms. The van der Waals surface area contributed by atoms with Crippen molar-refractivity contribution in [3.63, 3.8) is 0 Å². The molecule has 1 saturated heterocycles. The highest BCUT2D eigenvalue weighted by atomic mass is 15.2. The molecular formula is C14H21N. The van der Waals surface area contributed by atoms with Gasteiger partial charge in [0.05, 0.1) is 0 Å². The minimum atomic E-state index is 0.273. The lowest BCUT2D eigenvalue weighted by Crippen LogP contribution is -2.41. The first-order valence-corrected chi connectivity index (χ1v) is 5.76. The van der Waals surface area contributed by atoms with E-state index in [0.29, 0.717) is 0 Å². The van der Waals surface area contributed by atoms with Crippen molar-refractivity contribution in [1.29, 1.82) is 0 Å². The van der Waals surface area contributed by atoms with Crippen molar-refractivity contribution in [1.82, 2.24) is 4.90 Å². The molecule has 1 aliphatic heterocycles. The molecule has 0 atom stereocenters. The zero-order valence-corrected chi connectivity index (χ0v) is 10.2. The highest BCUT2D eigenvalue weighted by Gasteiger charge is 2.24. The van der Waals surface area contributed by atoms with Gasteiger partial charge >= 0.3 is 0 Å². The van der Waals surface area contributed by atoms with Crippen molar-refractivity contribution >= 4 is 0 Å². The maximum atomic E-state index is 2.36. The van der Waals surface area contributed by atoms with Crippen LogP contribution in [0.2, 0.25) is 0 Å². The molecule has 1 aliphatic rings. The van der Waals surface area contributed by atoms with E-state index in [1.54, 1.807) is 0 Å². The molecule has 0 saturated carbocycles. The largest absolute Gasteiger partial charge is 0.305 e. The van der Waals surface area contributed by atoms with Gasteiger partial charge in [-0.15, -0.1) is 0 Å². The van der Waals surface area contributed by atoms with E-state index in [4.69, 9.17) is 0 Å². The maximum absolute atomic E-state index is 2.36. The van der Waals surface area contributed by atoms with Gasteiger partial charge in [-0.25, -0.2) is 0 Å². The molecule has 2 rings (SSSR count). The highest BCUT2D eigenvalue weighted by molar-refractivity contribution is 5.30. The quantitative estimate of drug-likeness (QED) is 0.678. The number of benzene rings is 1. The molecule has 1 fully saturated rings. The van der Waals surface area contributed by atoms with Gasteiger partial charge in [0.2, 0.25) is 0 Å². The van der Waals surface area contributed by atoms with E-state index in [2.05, 4.69) is 57.0 Å². The molecule has 1 aromatic rings. The Bertz CT molecular complexity index is 325. The molecule has 1 aromatic carbocycles. The monoisotopic (exact) mass is 203 g/mol. The van der Waals surface area contributed by atoms with Gasteiger partial charge < -0.3 is 4.90 Å². The summed E-state index contributed by atoms with van der Waals surface area (Å²) in [5.41, 5.74) is 3.20. The SMILES string of the molecule is CN1CC(c2ccc(C(C)(C)C)cc2)C1. The van der Waals surface area contributed by atoms with Crippen molar-refractivity contribution in [3.8, 4) is 0 Å². The fraction of sp³-hybridized carbons (Fsp3) is 0.571. The van der Waals surface area contributed by atoms with Gasteiger partial charge in [0, 0.05) is 19.0 Å². The number of likely N-dealkylation sites (tertiary alicyclic amines) is 1. The minimum absolute atomic E-state index is 0.273. The second-order valence-corrected chi connectivity index (χ2v) is 5.79. The van der Waals surface area contributed by atoms with E-state index in [9.17, 15) is 0 Å². The van der Waals surface area contributed by atoms with Crippen molar-refractivity contribution in [2.75, 3.05) is 20.1 Å². The Hall–Kier alpha value is -0.820. The Morgan fingerprint density at radius 1 is 1.07 bits per heavy atom. The van der Waals surface area contributed by atoms with Gasteiger partial charge in [-0.1, -0.05) is 45.0 Å². The Balaban J connectivity index is 2.11. The summed E-state index contributed by atoms with van der Waals surface area (Å²) in [6.45, 7) is 9.22. The number of hydrogen-bond acceptors (Lipinski definition) is 1. The van der Waals surface area contributed by atoms with Gasteiger partial charge in [0.25, 0.3) is 0 Å². The second-order valence-electron chi connectivity index (χ2n) is 5.79.